The van der Waals surface area contributed by atoms with Crippen LogP contribution in [0.2, 0.25) is 5.15 Å². The largest absolute Gasteiger partial charge is 0.299 e. The maximum Gasteiger partial charge on any atom is 0.189 e. The van der Waals surface area contributed by atoms with E-state index >= 15 is 0 Å². The van der Waals surface area contributed by atoms with Gasteiger partial charge in [0.15, 0.2) is 10.9 Å². The third-order valence-corrected chi connectivity index (χ3v) is 4.05. The standard InChI is InChI=1S/C17H11ClN2O/c18-17-14(20-8-4-3-7-15(20)19-17)10-12-9-11-5-1-2-6-13(11)16(12)21/h1-8,10H,9H2/b12-10-. The molecule has 102 valence electrons. The number of rotatable bonds is 1. The number of ketones is 1. The lowest BCUT2D eigenvalue weighted by Crippen LogP contribution is -1.96. The summed E-state index contributed by atoms with van der Waals surface area (Å²) in [5, 5.41) is 0.414. The number of allylic oxidation sites excluding steroid dienone is 1. The van der Waals surface area contributed by atoms with Crippen LogP contribution >= 0.6 is 11.6 Å². The van der Waals surface area contributed by atoms with E-state index in [1.165, 1.54) is 0 Å². The lowest BCUT2D eigenvalue weighted by Gasteiger charge is -1.98. The van der Waals surface area contributed by atoms with Gasteiger partial charge in [-0.3, -0.25) is 9.20 Å². The Morgan fingerprint density at radius 3 is 2.81 bits per heavy atom. The van der Waals surface area contributed by atoms with Crippen molar-refractivity contribution >= 4 is 29.1 Å². The highest BCUT2D eigenvalue weighted by molar-refractivity contribution is 6.31. The molecule has 0 spiro atoms. The van der Waals surface area contributed by atoms with Crippen molar-refractivity contribution in [2.24, 2.45) is 0 Å². The van der Waals surface area contributed by atoms with Gasteiger partial charge in [0.2, 0.25) is 0 Å². The maximum atomic E-state index is 12.4. The van der Waals surface area contributed by atoms with Crippen molar-refractivity contribution in [2.75, 3.05) is 0 Å². The van der Waals surface area contributed by atoms with Gasteiger partial charge in [-0.25, -0.2) is 4.98 Å². The van der Waals surface area contributed by atoms with Crippen LogP contribution < -0.4 is 0 Å². The van der Waals surface area contributed by atoms with Gasteiger partial charge in [0.05, 0.1) is 5.69 Å². The zero-order chi connectivity index (χ0) is 14.4. The normalized spacial score (nSPS) is 15.9. The molecule has 0 saturated heterocycles. The van der Waals surface area contributed by atoms with E-state index in [4.69, 9.17) is 11.6 Å². The predicted molar refractivity (Wildman–Crippen MR) is 82.7 cm³/mol. The highest BCUT2D eigenvalue weighted by Crippen LogP contribution is 2.29. The summed E-state index contributed by atoms with van der Waals surface area (Å²) in [4.78, 5) is 16.7. The van der Waals surface area contributed by atoms with Gasteiger partial charge in [0, 0.05) is 23.8 Å². The quantitative estimate of drug-likeness (QED) is 0.640. The molecule has 0 N–H and O–H groups in total. The van der Waals surface area contributed by atoms with Gasteiger partial charge in [0.25, 0.3) is 0 Å². The fourth-order valence-corrected chi connectivity index (χ4v) is 2.98. The minimum Gasteiger partial charge on any atom is -0.299 e. The molecule has 1 aliphatic carbocycles. The average molecular weight is 295 g/mol. The van der Waals surface area contributed by atoms with E-state index in [-0.39, 0.29) is 5.78 Å². The number of hydrogen-bond donors (Lipinski definition) is 0. The van der Waals surface area contributed by atoms with Gasteiger partial charge < -0.3 is 0 Å². The molecular formula is C17H11ClN2O. The van der Waals surface area contributed by atoms with Crippen LogP contribution in [0.3, 0.4) is 0 Å². The SMILES string of the molecule is O=C1/C(=C\c2c(Cl)nc3ccccn23)Cc2ccccc21. The number of benzene rings is 1. The third kappa shape index (κ3) is 1.89. The van der Waals surface area contributed by atoms with Crippen LogP contribution in [0.25, 0.3) is 11.7 Å². The Kier molecular flexibility index (Phi) is 2.69. The van der Waals surface area contributed by atoms with Crippen LogP contribution in [0.15, 0.2) is 54.2 Å². The van der Waals surface area contributed by atoms with Crippen LogP contribution in [-0.4, -0.2) is 15.2 Å². The van der Waals surface area contributed by atoms with Crippen LogP contribution in [-0.2, 0) is 6.42 Å². The number of hydrogen-bond acceptors (Lipinski definition) is 2. The van der Waals surface area contributed by atoms with E-state index in [9.17, 15) is 4.79 Å². The van der Waals surface area contributed by atoms with Crippen molar-refractivity contribution in [1.82, 2.24) is 9.38 Å². The van der Waals surface area contributed by atoms with Crippen molar-refractivity contribution in [3.8, 4) is 0 Å². The summed E-state index contributed by atoms with van der Waals surface area (Å²) in [6, 6.07) is 13.4. The zero-order valence-electron chi connectivity index (χ0n) is 11.1. The van der Waals surface area contributed by atoms with Crippen molar-refractivity contribution in [1.29, 1.82) is 0 Å². The smallest absolute Gasteiger partial charge is 0.189 e. The first kappa shape index (κ1) is 12.4. The highest BCUT2D eigenvalue weighted by atomic mass is 35.5. The second-order valence-electron chi connectivity index (χ2n) is 5.05. The molecule has 0 atom stereocenters. The van der Waals surface area contributed by atoms with E-state index in [0.29, 0.717) is 11.6 Å². The van der Waals surface area contributed by atoms with Crippen LogP contribution in [0, 0.1) is 0 Å². The molecule has 0 fully saturated rings. The minimum absolute atomic E-state index is 0.0764. The first-order chi connectivity index (χ1) is 10.2. The summed E-state index contributed by atoms with van der Waals surface area (Å²) >= 11 is 6.22. The Bertz CT molecular complexity index is 908. The Hall–Kier alpha value is -2.39. The molecule has 4 heteroatoms. The Balaban J connectivity index is 1.86. The van der Waals surface area contributed by atoms with Gasteiger partial charge in [0.1, 0.15) is 5.65 Å². The molecule has 0 radical (unpaired) electrons. The molecule has 0 saturated carbocycles. The predicted octanol–water partition coefficient (Wildman–Crippen LogP) is 3.81. The van der Waals surface area contributed by atoms with Crippen molar-refractivity contribution in [3.63, 3.8) is 0 Å². The second-order valence-corrected chi connectivity index (χ2v) is 5.41. The molecule has 0 bridgehead atoms. The fraction of sp³-hybridized carbons (Fsp3) is 0.0588. The lowest BCUT2D eigenvalue weighted by atomic mass is 10.1. The molecule has 0 unspecified atom stereocenters. The van der Waals surface area contributed by atoms with Gasteiger partial charge in [-0.2, -0.15) is 0 Å². The van der Waals surface area contributed by atoms with Crippen LogP contribution in [0.1, 0.15) is 21.6 Å². The van der Waals surface area contributed by atoms with E-state index in [0.717, 1.165) is 28.0 Å². The maximum absolute atomic E-state index is 12.4. The Morgan fingerprint density at radius 2 is 1.95 bits per heavy atom. The first-order valence-corrected chi connectivity index (χ1v) is 7.07. The topological polar surface area (TPSA) is 34.4 Å². The van der Waals surface area contributed by atoms with Crippen molar-refractivity contribution in [3.05, 3.63) is 76.2 Å². The fourth-order valence-electron chi connectivity index (χ4n) is 2.75. The number of carbonyl (C=O) groups excluding carboxylic acids is 1. The van der Waals surface area contributed by atoms with Gasteiger partial charge in [-0.1, -0.05) is 41.9 Å². The Labute approximate surface area is 126 Å². The average Bonchev–Trinajstić information content (AvgIpc) is 2.99. The molecular weight excluding hydrogens is 284 g/mol. The highest BCUT2D eigenvalue weighted by Gasteiger charge is 2.24. The molecule has 3 nitrogen and oxygen atoms in total. The van der Waals surface area contributed by atoms with Crippen LogP contribution in [0.5, 0.6) is 0 Å². The van der Waals surface area contributed by atoms with Gasteiger partial charge in [-0.05, 0) is 23.8 Å². The third-order valence-electron chi connectivity index (χ3n) is 3.77. The summed E-state index contributed by atoms with van der Waals surface area (Å²) in [5.41, 5.74) is 4.14. The van der Waals surface area contributed by atoms with E-state index in [1.807, 2.05) is 59.1 Å². The molecule has 4 rings (SSSR count). The number of imidazole rings is 1. The van der Waals surface area contributed by atoms with E-state index in [1.54, 1.807) is 0 Å². The van der Waals surface area contributed by atoms with E-state index < -0.39 is 0 Å². The molecule has 3 aromatic rings. The summed E-state index contributed by atoms with van der Waals surface area (Å²) in [7, 11) is 0. The molecule has 0 amide bonds. The minimum atomic E-state index is 0.0764. The summed E-state index contributed by atoms with van der Waals surface area (Å²) in [6.07, 6.45) is 4.39. The molecule has 1 aromatic carbocycles. The van der Waals surface area contributed by atoms with Crippen molar-refractivity contribution in [2.45, 2.75) is 6.42 Å². The van der Waals surface area contributed by atoms with Gasteiger partial charge >= 0.3 is 0 Å². The molecule has 2 heterocycles. The number of Topliss-reactive ketones (excluding diaryl/α,β-unsaturated/α-hetero) is 1. The number of nitrogens with zero attached hydrogens (tertiary/aromatic N) is 2. The number of halogens is 1. The molecule has 21 heavy (non-hydrogen) atoms. The number of pyridine rings is 1. The van der Waals surface area contributed by atoms with Crippen LogP contribution in [0.4, 0.5) is 0 Å². The first-order valence-electron chi connectivity index (χ1n) is 6.70. The molecule has 0 aliphatic heterocycles. The monoisotopic (exact) mass is 294 g/mol. The Morgan fingerprint density at radius 1 is 1.14 bits per heavy atom. The number of fused-ring (bicyclic) bond motifs is 2. The van der Waals surface area contributed by atoms with Crippen molar-refractivity contribution < 1.29 is 4.79 Å². The summed E-state index contributed by atoms with van der Waals surface area (Å²) in [5.74, 6) is 0.0764. The lowest BCUT2D eigenvalue weighted by molar-refractivity contribution is 0.104. The summed E-state index contributed by atoms with van der Waals surface area (Å²) < 4.78 is 1.89. The zero-order valence-corrected chi connectivity index (χ0v) is 11.8. The molecule has 2 aromatic heterocycles. The van der Waals surface area contributed by atoms with E-state index in [2.05, 4.69) is 4.98 Å². The summed E-state index contributed by atoms with van der Waals surface area (Å²) in [6.45, 7) is 0. The van der Waals surface area contributed by atoms with Gasteiger partial charge in [-0.15, -0.1) is 0 Å². The second kappa shape index (κ2) is 4.57. The number of carbonyl (C=O) groups is 1. The number of aromatic nitrogens is 2. The molecule has 1 aliphatic rings.